The second-order valence-corrected chi connectivity index (χ2v) is 6.34. The Morgan fingerprint density at radius 3 is 2.59 bits per heavy atom. The van der Waals surface area contributed by atoms with E-state index in [-0.39, 0.29) is 25.5 Å². The molecular formula is C17H28N6O6. The number of alkyl carbamates (subject to hydrolysis) is 1. The van der Waals surface area contributed by atoms with Gasteiger partial charge in [-0.3, -0.25) is 14.8 Å². The third kappa shape index (κ3) is 10.6. The summed E-state index contributed by atoms with van der Waals surface area (Å²) in [5.74, 6) is -1.24. The minimum Gasteiger partial charge on any atom is -0.480 e. The number of amides is 1. The maximum atomic E-state index is 11.7. The van der Waals surface area contributed by atoms with E-state index in [1.807, 2.05) is 0 Å². The van der Waals surface area contributed by atoms with E-state index in [1.54, 1.807) is 0 Å². The van der Waals surface area contributed by atoms with Gasteiger partial charge in [0.15, 0.2) is 5.96 Å². The zero-order valence-corrected chi connectivity index (χ0v) is 16.1. The number of aromatic amines is 1. The zero-order valence-electron chi connectivity index (χ0n) is 16.1. The normalized spacial score (nSPS) is 11.4. The first-order valence-electron chi connectivity index (χ1n) is 9.31. The fraction of sp³-hybridized carbons (Fsp3) is 0.588. The van der Waals surface area contributed by atoms with Crippen molar-refractivity contribution in [3.05, 3.63) is 33.1 Å². The summed E-state index contributed by atoms with van der Waals surface area (Å²) in [7, 11) is 0. The molecule has 29 heavy (non-hydrogen) atoms. The number of nitrogens with one attached hydrogen (secondary N) is 2. The minimum atomic E-state index is -1.16. The summed E-state index contributed by atoms with van der Waals surface area (Å²) in [4.78, 5) is 51.3. The molecule has 0 aromatic carbocycles. The first-order chi connectivity index (χ1) is 13.8. The number of aliphatic carboxylic acids is 1. The molecule has 1 amide bonds. The van der Waals surface area contributed by atoms with Crippen molar-refractivity contribution in [2.24, 2.45) is 16.5 Å². The quantitative estimate of drug-likeness (QED) is 0.160. The van der Waals surface area contributed by atoms with Gasteiger partial charge in [-0.1, -0.05) is 6.42 Å². The van der Waals surface area contributed by atoms with Gasteiger partial charge in [0.2, 0.25) is 0 Å². The maximum Gasteiger partial charge on any atom is 0.407 e. The summed E-state index contributed by atoms with van der Waals surface area (Å²) in [6.07, 6.45) is 4.14. The minimum absolute atomic E-state index is 0.0741. The number of carbonyl (C=O) groups excluding carboxylic acids is 1. The number of carboxylic acid groups (broad SMARTS) is 1. The Morgan fingerprint density at radius 1 is 1.21 bits per heavy atom. The third-order valence-corrected chi connectivity index (χ3v) is 3.96. The van der Waals surface area contributed by atoms with Crippen LogP contribution in [0, 0.1) is 0 Å². The fourth-order valence-corrected chi connectivity index (χ4v) is 2.47. The number of hydrogen-bond acceptors (Lipinski definition) is 6. The number of aliphatic imine (C=N–C) groups is 1. The Morgan fingerprint density at radius 2 is 1.93 bits per heavy atom. The number of rotatable bonds is 13. The molecule has 1 rings (SSSR count). The largest absolute Gasteiger partial charge is 0.480 e. The van der Waals surface area contributed by atoms with Crippen molar-refractivity contribution in [3.8, 4) is 0 Å². The number of carbonyl (C=O) groups is 2. The number of nitrogens with zero attached hydrogens (tertiary/aromatic N) is 2. The van der Waals surface area contributed by atoms with Crippen LogP contribution in [0.4, 0.5) is 4.79 Å². The van der Waals surface area contributed by atoms with E-state index in [2.05, 4.69) is 15.3 Å². The molecule has 0 saturated heterocycles. The molecule has 7 N–H and O–H groups in total. The van der Waals surface area contributed by atoms with Crippen LogP contribution in [-0.2, 0) is 16.1 Å². The maximum absolute atomic E-state index is 11.7. The van der Waals surface area contributed by atoms with Gasteiger partial charge in [0, 0.05) is 25.4 Å². The van der Waals surface area contributed by atoms with E-state index in [9.17, 15) is 19.2 Å². The van der Waals surface area contributed by atoms with Crippen molar-refractivity contribution in [2.45, 2.75) is 51.1 Å². The van der Waals surface area contributed by atoms with Crippen LogP contribution in [0.15, 0.2) is 26.8 Å². The van der Waals surface area contributed by atoms with Crippen molar-refractivity contribution in [1.29, 1.82) is 0 Å². The molecular weight excluding hydrogens is 384 g/mol. The third-order valence-electron chi connectivity index (χ3n) is 3.96. The predicted octanol–water partition coefficient (Wildman–Crippen LogP) is -0.670. The van der Waals surface area contributed by atoms with Crippen LogP contribution in [0.1, 0.15) is 38.5 Å². The molecule has 0 aliphatic rings. The molecule has 1 atom stereocenters. The Labute approximate surface area is 167 Å². The molecule has 12 heteroatoms. The number of nitrogens with two attached hydrogens (primary N) is 2. The lowest BCUT2D eigenvalue weighted by molar-refractivity contribution is -0.139. The lowest BCUT2D eigenvalue weighted by Crippen LogP contribution is -2.41. The smallest absolute Gasteiger partial charge is 0.407 e. The summed E-state index contributed by atoms with van der Waals surface area (Å²) in [6.45, 7) is 0.913. The Hall–Kier alpha value is -3.31. The van der Waals surface area contributed by atoms with Gasteiger partial charge in [0.25, 0.3) is 5.56 Å². The van der Waals surface area contributed by atoms with E-state index < -0.39 is 29.4 Å². The highest BCUT2D eigenvalue weighted by Crippen LogP contribution is 2.03. The Bertz CT molecular complexity index is 798. The van der Waals surface area contributed by atoms with Crippen LogP contribution in [-0.4, -0.2) is 51.9 Å². The summed E-state index contributed by atoms with van der Waals surface area (Å²) in [5.41, 5.74) is 9.50. The van der Waals surface area contributed by atoms with Crippen LogP contribution in [0.5, 0.6) is 0 Å². The van der Waals surface area contributed by atoms with Gasteiger partial charge < -0.3 is 31.2 Å². The molecule has 1 aromatic heterocycles. The molecule has 0 spiro atoms. The van der Waals surface area contributed by atoms with E-state index in [4.69, 9.17) is 21.3 Å². The van der Waals surface area contributed by atoms with Crippen LogP contribution in [0.3, 0.4) is 0 Å². The van der Waals surface area contributed by atoms with Gasteiger partial charge in [-0.05, 0) is 32.1 Å². The van der Waals surface area contributed by atoms with Crippen LogP contribution >= 0.6 is 0 Å². The Balaban J connectivity index is 2.16. The van der Waals surface area contributed by atoms with Crippen molar-refractivity contribution in [2.75, 3.05) is 13.2 Å². The first kappa shape index (κ1) is 23.7. The number of guanidine groups is 1. The van der Waals surface area contributed by atoms with Gasteiger partial charge in [0.05, 0.1) is 6.61 Å². The summed E-state index contributed by atoms with van der Waals surface area (Å²) < 4.78 is 6.41. The number of carboxylic acids is 1. The lowest BCUT2D eigenvalue weighted by atomic mass is 10.1. The number of aryl methyl sites for hydroxylation is 1. The highest BCUT2D eigenvalue weighted by atomic mass is 16.5. The molecule has 0 aliphatic carbocycles. The summed E-state index contributed by atoms with van der Waals surface area (Å²) in [5, 5.41) is 11.4. The van der Waals surface area contributed by atoms with Crippen LogP contribution in [0.2, 0.25) is 0 Å². The second-order valence-electron chi connectivity index (χ2n) is 6.34. The standard InChI is InChI=1S/C17H28N6O6/c18-15(19)20-8-5-6-12(14(25)26)21-17(28)29-11-4-2-1-3-9-23-10-7-13(24)22-16(23)27/h7,10,12H,1-6,8-9,11H2,(H,21,28)(H,25,26)(H4,18,19,20)(H,22,24,27)/t12-/m0/s1. The topological polar surface area (TPSA) is 195 Å². The van der Waals surface area contributed by atoms with E-state index in [0.717, 1.165) is 19.3 Å². The number of H-pyrrole nitrogens is 1. The molecule has 1 heterocycles. The SMILES string of the molecule is NC(N)=NCCC[C@H](NC(=O)OCCCCCCn1ccc(=O)[nH]c1=O)C(=O)O. The Kier molecular flexibility index (Phi) is 10.6. The van der Waals surface area contributed by atoms with Crippen molar-refractivity contribution in [1.82, 2.24) is 14.9 Å². The van der Waals surface area contributed by atoms with E-state index in [0.29, 0.717) is 19.4 Å². The number of unbranched alkanes of at least 4 members (excludes halogenated alkanes) is 3. The average Bonchev–Trinajstić information content (AvgIpc) is 2.64. The summed E-state index contributed by atoms with van der Waals surface area (Å²) in [6, 6.07) is 0.214. The van der Waals surface area contributed by atoms with Gasteiger partial charge in [-0.25, -0.2) is 14.4 Å². The van der Waals surface area contributed by atoms with E-state index >= 15 is 0 Å². The highest BCUT2D eigenvalue weighted by molar-refractivity contribution is 5.79. The van der Waals surface area contributed by atoms with Crippen molar-refractivity contribution < 1.29 is 19.4 Å². The van der Waals surface area contributed by atoms with Crippen LogP contribution < -0.4 is 28.0 Å². The average molecular weight is 412 g/mol. The molecule has 0 radical (unpaired) electrons. The van der Waals surface area contributed by atoms with Crippen molar-refractivity contribution in [3.63, 3.8) is 0 Å². The van der Waals surface area contributed by atoms with E-state index in [1.165, 1.54) is 16.8 Å². The van der Waals surface area contributed by atoms with Gasteiger partial charge in [-0.15, -0.1) is 0 Å². The predicted molar refractivity (Wildman–Crippen MR) is 106 cm³/mol. The molecule has 12 nitrogen and oxygen atoms in total. The highest BCUT2D eigenvalue weighted by Gasteiger charge is 2.19. The zero-order chi connectivity index (χ0) is 21.6. The summed E-state index contributed by atoms with van der Waals surface area (Å²) >= 11 is 0. The molecule has 0 fully saturated rings. The molecule has 0 unspecified atom stereocenters. The lowest BCUT2D eigenvalue weighted by Gasteiger charge is -2.14. The molecule has 1 aromatic rings. The molecule has 162 valence electrons. The molecule has 0 saturated carbocycles. The number of aromatic nitrogens is 2. The molecule has 0 bridgehead atoms. The van der Waals surface area contributed by atoms with Crippen LogP contribution in [0.25, 0.3) is 0 Å². The van der Waals surface area contributed by atoms with Gasteiger partial charge in [-0.2, -0.15) is 0 Å². The number of ether oxygens (including phenoxy) is 1. The van der Waals surface area contributed by atoms with Gasteiger partial charge >= 0.3 is 17.8 Å². The fourth-order valence-electron chi connectivity index (χ4n) is 2.47. The second kappa shape index (κ2) is 13.0. The van der Waals surface area contributed by atoms with Crippen molar-refractivity contribution >= 4 is 18.0 Å². The number of hydrogen-bond donors (Lipinski definition) is 5. The monoisotopic (exact) mass is 412 g/mol. The molecule has 0 aliphatic heterocycles. The van der Waals surface area contributed by atoms with Gasteiger partial charge in [0.1, 0.15) is 6.04 Å². The first-order valence-corrected chi connectivity index (χ1v) is 9.31.